The predicted molar refractivity (Wildman–Crippen MR) is 94.6 cm³/mol. The minimum Gasteiger partial charge on any atom is -0.482 e. The molecule has 1 heterocycles. The summed E-state index contributed by atoms with van der Waals surface area (Å²) >= 11 is 4.64. The van der Waals surface area contributed by atoms with Crippen LogP contribution in [0.1, 0.15) is 11.1 Å². The molecule has 0 radical (unpaired) electrons. The molecule has 0 aromatic heterocycles. The molecule has 0 bridgehead atoms. The van der Waals surface area contributed by atoms with E-state index < -0.39 is 0 Å². The third-order valence-electron chi connectivity index (χ3n) is 3.90. The summed E-state index contributed by atoms with van der Waals surface area (Å²) in [5, 5.41) is 0. The standard InChI is InChI=1S/C16H12I2O2/c17-11-7-12(18)16-15(8-11)19-13-5-9-3-1-2-4-10(9)6-14(13)20-16/h1-4,7-8,13-14H,5-6H2. The number of ether oxygens (including phenoxy) is 2. The first-order valence-electron chi connectivity index (χ1n) is 6.60. The van der Waals surface area contributed by atoms with Crippen molar-refractivity contribution < 1.29 is 9.47 Å². The van der Waals surface area contributed by atoms with Gasteiger partial charge in [-0.2, -0.15) is 0 Å². The minimum absolute atomic E-state index is 0.131. The number of fused-ring (bicyclic) bond motifs is 3. The van der Waals surface area contributed by atoms with E-state index in [1.165, 1.54) is 14.7 Å². The van der Waals surface area contributed by atoms with Crippen LogP contribution in [0.15, 0.2) is 36.4 Å². The molecule has 2 aromatic rings. The van der Waals surface area contributed by atoms with Gasteiger partial charge in [-0.25, -0.2) is 0 Å². The van der Waals surface area contributed by atoms with Gasteiger partial charge in [-0.05, 0) is 68.4 Å². The highest BCUT2D eigenvalue weighted by Gasteiger charge is 2.36. The van der Waals surface area contributed by atoms with Gasteiger partial charge in [0.2, 0.25) is 0 Å². The van der Waals surface area contributed by atoms with Gasteiger partial charge in [0.1, 0.15) is 12.2 Å². The topological polar surface area (TPSA) is 18.5 Å². The van der Waals surface area contributed by atoms with E-state index in [1.54, 1.807) is 0 Å². The van der Waals surface area contributed by atoms with Crippen molar-refractivity contribution in [3.63, 3.8) is 0 Å². The third-order valence-corrected chi connectivity index (χ3v) is 5.32. The lowest BCUT2D eigenvalue weighted by atomic mass is 9.87. The lowest BCUT2D eigenvalue weighted by Gasteiger charge is -2.38. The van der Waals surface area contributed by atoms with Gasteiger partial charge < -0.3 is 9.47 Å². The number of benzene rings is 2. The van der Waals surface area contributed by atoms with Crippen molar-refractivity contribution >= 4 is 45.2 Å². The Morgan fingerprint density at radius 3 is 2.25 bits per heavy atom. The summed E-state index contributed by atoms with van der Waals surface area (Å²) in [4.78, 5) is 0. The molecule has 2 aromatic carbocycles. The van der Waals surface area contributed by atoms with E-state index in [1.807, 2.05) is 0 Å². The molecular weight excluding hydrogens is 478 g/mol. The second-order valence-electron chi connectivity index (χ2n) is 5.20. The van der Waals surface area contributed by atoms with Crippen molar-refractivity contribution in [2.24, 2.45) is 0 Å². The van der Waals surface area contributed by atoms with Crippen molar-refractivity contribution in [1.82, 2.24) is 0 Å². The fourth-order valence-corrected chi connectivity index (χ4v) is 4.86. The smallest absolute Gasteiger partial charge is 0.175 e. The second kappa shape index (κ2) is 5.05. The Bertz CT molecular complexity index is 684. The summed E-state index contributed by atoms with van der Waals surface area (Å²) in [6.45, 7) is 0. The van der Waals surface area contributed by atoms with E-state index in [4.69, 9.17) is 9.47 Å². The first kappa shape index (κ1) is 13.2. The lowest BCUT2D eigenvalue weighted by Crippen LogP contribution is -2.45. The monoisotopic (exact) mass is 490 g/mol. The Morgan fingerprint density at radius 2 is 1.55 bits per heavy atom. The highest BCUT2D eigenvalue weighted by atomic mass is 127. The van der Waals surface area contributed by atoms with Crippen molar-refractivity contribution in [2.45, 2.75) is 25.0 Å². The second-order valence-corrected chi connectivity index (χ2v) is 7.61. The van der Waals surface area contributed by atoms with Crippen molar-refractivity contribution in [1.29, 1.82) is 0 Å². The highest BCUT2D eigenvalue weighted by molar-refractivity contribution is 14.1. The van der Waals surface area contributed by atoms with E-state index in [2.05, 4.69) is 81.6 Å². The Balaban J connectivity index is 1.72. The summed E-state index contributed by atoms with van der Waals surface area (Å²) in [6.07, 6.45) is 2.13. The molecule has 2 atom stereocenters. The van der Waals surface area contributed by atoms with Crippen molar-refractivity contribution in [3.05, 3.63) is 54.7 Å². The minimum atomic E-state index is 0.131. The van der Waals surface area contributed by atoms with Crippen LogP contribution in [0.4, 0.5) is 0 Å². The van der Waals surface area contributed by atoms with E-state index in [-0.39, 0.29) is 12.2 Å². The molecule has 2 unspecified atom stereocenters. The van der Waals surface area contributed by atoms with E-state index in [0.29, 0.717) is 0 Å². The van der Waals surface area contributed by atoms with Crippen LogP contribution in [0.25, 0.3) is 0 Å². The average Bonchev–Trinajstić information content (AvgIpc) is 2.43. The van der Waals surface area contributed by atoms with Crippen LogP contribution in [0.3, 0.4) is 0 Å². The SMILES string of the molecule is Ic1cc(I)c2c(c1)OC1Cc3ccccc3CC1O2. The zero-order valence-electron chi connectivity index (χ0n) is 10.6. The summed E-state index contributed by atoms with van der Waals surface area (Å²) in [5.41, 5.74) is 2.78. The van der Waals surface area contributed by atoms with Crippen LogP contribution in [0, 0.1) is 7.14 Å². The molecule has 20 heavy (non-hydrogen) atoms. The molecule has 0 amide bonds. The number of hydrogen-bond acceptors (Lipinski definition) is 2. The fraction of sp³-hybridized carbons (Fsp3) is 0.250. The van der Waals surface area contributed by atoms with Gasteiger partial charge in [0.15, 0.2) is 11.5 Å². The quantitative estimate of drug-likeness (QED) is 0.516. The zero-order valence-corrected chi connectivity index (χ0v) is 14.9. The number of rotatable bonds is 0. The molecule has 0 saturated heterocycles. The van der Waals surface area contributed by atoms with Gasteiger partial charge in [0.05, 0.1) is 3.57 Å². The van der Waals surface area contributed by atoms with Gasteiger partial charge in [-0.3, -0.25) is 0 Å². The van der Waals surface area contributed by atoms with Crippen LogP contribution in [-0.4, -0.2) is 12.2 Å². The first-order chi connectivity index (χ1) is 9.70. The molecule has 4 heteroatoms. The zero-order chi connectivity index (χ0) is 13.7. The lowest BCUT2D eigenvalue weighted by molar-refractivity contribution is 0.0145. The molecule has 2 aliphatic rings. The van der Waals surface area contributed by atoms with Crippen molar-refractivity contribution in [2.75, 3.05) is 0 Å². The molecule has 4 rings (SSSR count). The Kier molecular flexibility index (Phi) is 3.33. The van der Waals surface area contributed by atoms with Gasteiger partial charge in [-0.1, -0.05) is 24.3 Å². The predicted octanol–water partition coefficient (Wildman–Crippen LogP) is 4.20. The maximum atomic E-state index is 6.24. The number of hydrogen-bond donors (Lipinski definition) is 0. The summed E-state index contributed by atoms with van der Waals surface area (Å²) in [6, 6.07) is 12.8. The van der Waals surface area contributed by atoms with E-state index >= 15 is 0 Å². The van der Waals surface area contributed by atoms with E-state index in [9.17, 15) is 0 Å². The largest absolute Gasteiger partial charge is 0.482 e. The van der Waals surface area contributed by atoms with Gasteiger partial charge in [-0.15, -0.1) is 0 Å². The van der Waals surface area contributed by atoms with Gasteiger partial charge >= 0.3 is 0 Å². The summed E-state index contributed by atoms with van der Waals surface area (Å²) in [7, 11) is 0. The number of halogens is 2. The fourth-order valence-electron chi connectivity index (χ4n) is 2.94. The van der Waals surface area contributed by atoms with Crippen LogP contribution >= 0.6 is 45.2 Å². The molecule has 0 fully saturated rings. The maximum absolute atomic E-state index is 6.24. The van der Waals surface area contributed by atoms with Crippen LogP contribution < -0.4 is 9.47 Å². The Hall–Kier alpha value is -0.500. The Labute approximate surface area is 145 Å². The molecule has 2 nitrogen and oxygen atoms in total. The maximum Gasteiger partial charge on any atom is 0.175 e. The van der Waals surface area contributed by atoms with Gasteiger partial charge in [0.25, 0.3) is 0 Å². The summed E-state index contributed by atoms with van der Waals surface area (Å²) in [5.74, 6) is 1.80. The van der Waals surface area contributed by atoms with Gasteiger partial charge in [0, 0.05) is 16.4 Å². The van der Waals surface area contributed by atoms with Crippen LogP contribution in [0.5, 0.6) is 11.5 Å². The molecule has 0 saturated carbocycles. The highest BCUT2D eigenvalue weighted by Crippen LogP contribution is 2.42. The molecule has 1 aliphatic carbocycles. The molecular formula is C16H12I2O2. The van der Waals surface area contributed by atoms with Crippen LogP contribution in [-0.2, 0) is 12.8 Å². The first-order valence-corrected chi connectivity index (χ1v) is 8.75. The molecule has 1 aliphatic heterocycles. The van der Waals surface area contributed by atoms with Crippen LogP contribution in [0.2, 0.25) is 0 Å². The average molecular weight is 490 g/mol. The summed E-state index contributed by atoms with van der Waals surface area (Å²) < 4.78 is 14.8. The Morgan fingerprint density at radius 1 is 0.900 bits per heavy atom. The third kappa shape index (κ3) is 2.20. The molecule has 0 spiro atoms. The normalized spacial score (nSPS) is 22.9. The molecule has 0 N–H and O–H groups in total. The van der Waals surface area contributed by atoms with Crippen molar-refractivity contribution in [3.8, 4) is 11.5 Å². The van der Waals surface area contributed by atoms with E-state index in [0.717, 1.165) is 27.9 Å². The molecule has 102 valence electrons.